The Kier molecular flexibility index (Phi) is 5.27. The highest BCUT2D eigenvalue weighted by Crippen LogP contribution is 2.24. The van der Waals surface area contributed by atoms with Crippen molar-refractivity contribution in [3.63, 3.8) is 0 Å². The SMILES string of the molecule is Cc1cccc(CS(=O)(=O)N2CCN(Cc3c(C)[nH]c4ccccc34)CC2)c1. The van der Waals surface area contributed by atoms with Gasteiger partial charge in [-0.2, -0.15) is 4.31 Å². The number of fused-ring (bicyclic) bond motifs is 1. The van der Waals surface area contributed by atoms with Crippen molar-refractivity contribution in [3.05, 3.63) is 70.9 Å². The topological polar surface area (TPSA) is 56.4 Å². The molecule has 6 heteroatoms. The van der Waals surface area contributed by atoms with Crippen molar-refractivity contribution in [2.24, 2.45) is 0 Å². The van der Waals surface area contributed by atoms with Gasteiger partial charge in [-0.3, -0.25) is 4.90 Å². The van der Waals surface area contributed by atoms with Crippen LogP contribution in [-0.4, -0.2) is 48.8 Å². The molecule has 0 radical (unpaired) electrons. The minimum Gasteiger partial charge on any atom is -0.358 e. The van der Waals surface area contributed by atoms with Crippen LogP contribution < -0.4 is 0 Å². The van der Waals surface area contributed by atoms with Crippen LogP contribution in [0.5, 0.6) is 0 Å². The van der Waals surface area contributed by atoms with Crippen molar-refractivity contribution in [1.82, 2.24) is 14.2 Å². The molecular weight excluding hydrogens is 370 g/mol. The Morgan fingerprint density at radius 3 is 2.46 bits per heavy atom. The predicted octanol–water partition coefficient (Wildman–Crippen LogP) is 3.43. The van der Waals surface area contributed by atoms with Gasteiger partial charge in [-0.15, -0.1) is 0 Å². The van der Waals surface area contributed by atoms with E-state index >= 15 is 0 Å². The quantitative estimate of drug-likeness (QED) is 0.718. The number of aryl methyl sites for hydroxylation is 2. The number of piperazine rings is 1. The van der Waals surface area contributed by atoms with Crippen LogP contribution >= 0.6 is 0 Å². The van der Waals surface area contributed by atoms with Crippen molar-refractivity contribution in [2.75, 3.05) is 26.2 Å². The summed E-state index contributed by atoms with van der Waals surface area (Å²) in [7, 11) is -3.28. The first-order chi connectivity index (χ1) is 13.4. The zero-order valence-electron chi connectivity index (χ0n) is 16.5. The Bertz CT molecular complexity index is 1080. The minimum absolute atomic E-state index is 0.0796. The summed E-state index contributed by atoms with van der Waals surface area (Å²) in [6.07, 6.45) is 0. The van der Waals surface area contributed by atoms with E-state index in [0.29, 0.717) is 13.1 Å². The fourth-order valence-corrected chi connectivity index (χ4v) is 5.53. The molecule has 0 bridgehead atoms. The maximum Gasteiger partial charge on any atom is 0.218 e. The first-order valence-electron chi connectivity index (χ1n) is 9.74. The molecule has 2 aromatic carbocycles. The number of hydrogen-bond donors (Lipinski definition) is 1. The Morgan fingerprint density at radius 2 is 1.71 bits per heavy atom. The number of aromatic amines is 1. The molecule has 0 saturated carbocycles. The van der Waals surface area contributed by atoms with Crippen LogP contribution in [0, 0.1) is 13.8 Å². The number of nitrogens with one attached hydrogen (secondary N) is 1. The smallest absolute Gasteiger partial charge is 0.218 e. The maximum atomic E-state index is 12.8. The summed E-state index contributed by atoms with van der Waals surface area (Å²) < 4.78 is 27.3. The van der Waals surface area contributed by atoms with Gasteiger partial charge in [0.05, 0.1) is 5.75 Å². The molecule has 0 unspecified atom stereocenters. The highest BCUT2D eigenvalue weighted by molar-refractivity contribution is 7.88. The number of para-hydroxylation sites is 1. The molecular formula is C22H27N3O2S. The van der Waals surface area contributed by atoms with Crippen LogP contribution in [0.1, 0.15) is 22.4 Å². The van der Waals surface area contributed by atoms with E-state index in [-0.39, 0.29) is 5.75 Å². The molecule has 1 aromatic heterocycles. The van der Waals surface area contributed by atoms with Crippen LogP contribution in [0.4, 0.5) is 0 Å². The molecule has 2 heterocycles. The Labute approximate surface area is 167 Å². The van der Waals surface area contributed by atoms with Gasteiger partial charge in [0.15, 0.2) is 0 Å². The summed E-state index contributed by atoms with van der Waals surface area (Å²) in [6.45, 7) is 7.56. The van der Waals surface area contributed by atoms with Crippen LogP contribution in [0.2, 0.25) is 0 Å². The van der Waals surface area contributed by atoms with E-state index in [4.69, 9.17) is 0 Å². The van der Waals surface area contributed by atoms with Gasteiger partial charge in [-0.05, 0) is 31.0 Å². The second-order valence-electron chi connectivity index (χ2n) is 7.69. The van der Waals surface area contributed by atoms with Gasteiger partial charge in [-0.1, -0.05) is 48.0 Å². The molecule has 0 aliphatic carbocycles. The summed E-state index contributed by atoms with van der Waals surface area (Å²) >= 11 is 0. The molecule has 0 spiro atoms. The van der Waals surface area contributed by atoms with Crippen LogP contribution in [0.3, 0.4) is 0 Å². The van der Waals surface area contributed by atoms with Gasteiger partial charge in [0.2, 0.25) is 10.0 Å². The standard InChI is InChI=1S/C22H27N3O2S/c1-17-6-5-7-19(14-17)16-28(26,27)25-12-10-24(11-13-25)15-21-18(2)23-22-9-4-3-8-20(21)22/h3-9,14,23H,10-13,15-16H2,1-2H3. The van der Waals surface area contributed by atoms with Crippen molar-refractivity contribution >= 4 is 20.9 Å². The fraction of sp³-hybridized carbons (Fsp3) is 0.364. The van der Waals surface area contributed by atoms with E-state index in [1.165, 1.54) is 16.6 Å². The molecule has 5 nitrogen and oxygen atoms in total. The monoisotopic (exact) mass is 397 g/mol. The third kappa shape index (κ3) is 3.99. The second-order valence-corrected chi connectivity index (χ2v) is 9.66. The zero-order chi connectivity index (χ0) is 19.7. The molecule has 1 fully saturated rings. The van der Waals surface area contributed by atoms with E-state index in [2.05, 4.69) is 35.0 Å². The molecule has 0 amide bonds. The van der Waals surface area contributed by atoms with Gasteiger partial charge < -0.3 is 4.98 Å². The lowest BCUT2D eigenvalue weighted by Crippen LogP contribution is -2.48. The molecule has 1 aliphatic heterocycles. The Hall–Kier alpha value is -2.15. The molecule has 0 atom stereocenters. The summed E-state index contributed by atoms with van der Waals surface area (Å²) in [6, 6.07) is 16.1. The van der Waals surface area contributed by atoms with E-state index < -0.39 is 10.0 Å². The lowest BCUT2D eigenvalue weighted by atomic mass is 10.1. The summed E-state index contributed by atoms with van der Waals surface area (Å²) in [5, 5.41) is 1.26. The first-order valence-corrected chi connectivity index (χ1v) is 11.4. The van der Waals surface area contributed by atoms with Crippen molar-refractivity contribution in [2.45, 2.75) is 26.1 Å². The largest absolute Gasteiger partial charge is 0.358 e. The van der Waals surface area contributed by atoms with Gasteiger partial charge in [-0.25, -0.2) is 8.42 Å². The first kappa shape index (κ1) is 19.2. The average Bonchev–Trinajstić information content (AvgIpc) is 2.97. The van der Waals surface area contributed by atoms with Crippen LogP contribution in [0.25, 0.3) is 10.9 Å². The van der Waals surface area contributed by atoms with Gasteiger partial charge in [0.1, 0.15) is 0 Å². The Balaban J connectivity index is 1.41. The number of H-pyrrole nitrogens is 1. The molecule has 28 heavy (non-hydrogen) atoms. The summed E-state index contributed by atoms with van der Waals surface area (Å²) in [5.74, 6) is 0.0796. The van der Waals surface area contributed by atoms with Crippen molar-refractivity contribution in [1.29, 1.82) is 0 Å². The number of aromatic nitrogens is 1. The van der Waals surface area contributed by atoms with Crippen molar-refractivity contribution < 1.29 is 8.42 Å². The number of hydrogen-bond acceptors (Lipinski definition) is 3. The third-order valence-corrected chi connectivity index (χ3v) is 7.42. The van der Waals surface area contributed by atoms with Gasteiger partial charge >= 0.3 is 0 Å². The fourth-order valence-electron chi connectivity index (χ4n) is 4.03. The molecule has 1 aliphatic rings. The summed E-state index contributed by atoms with van der Waals surface area (Å²) in [5.41, 5.74) is 5.61. The van der Waals surface area contributed by atoms with E-state index in [1.807, 2.05) is 37.3 Å². The van der Waals surface area contributed by atoms with E-state index in [0.717, 1.165) is 36.3 Å². The zero-order valence-corrected chi connectivity index (χ0v) is 17.3. The normalized spacial score (nSPS) is 16.6. The molecule has 3 aromatic rings. The lowest BCUT2D eigenvalue weighted by Gasteiger charge is -2.34. The average molecular weight is 398 g/mol. The number of sulfonamides is 1. The van der Waals surface area contributed by atoms with Crippen LogP contribution in [-0.2, 0) is 22.3 Å². The molecule has 148 valence electrons. The van der Waals surface area contributed by atoms with Gasteiger partial charge in [0, 0.05) is 49.3 Å². The molecule has 1 N–H and O–H groups in total. The molecule has 1 saturated heterocycles. The third-order valence-electron chi connectivity index (χ3n) is 5.56. The highest BCUT2D eigenvalue weighted by Gasteiger charge is 2.27. The predicted molar refractivity (Wildman–Crippen MR) is 114 cm³/mol. The molecule has 4 rings (SSSR count). The van der Waals surface area contributed by atoms with E-state index in [9.17, 15) is 8.42 Å². The number of benzene rings is 2. The second kappa shape index (κ2) is 7.70. The van der Waals surface area contributed by atoms with Gasteiger partial charge in [0.25, 0.3) is 0 Å². The Morgan fingerprint density at radius 1 is 0.964 bits per heavy atom. The van der Waals surface area contributed by atoms with Crippen molar-refractivity contribution in [3.8, 4) is 0 Å². The number of nitrogens with zero attached hydrogens (tertiary/aromatic N) is 2. The van der Waals surface area contributed by atoms with E-state index in [1.54, 1.807) is 4.31 Å². The highest BCUT2D eigenvalue weighted by atomic mass is 32.2. The summed E-state index contributed by atoms with van der Waals surface area (Å²) in [4.78, 5) is 5.80. The number of rotatable bonds is 5. The maximum absolute atomic E-state index is 12.8. The van der Waals surface area contributed by atoms with Crippen LogP contribution in [0.15, 0.2) is 48.5 Å². The lowest BCUT2D eigenvalue weighted by molar-refractivity contribution is 0.182. The minimum atomic E-state index is -3.28.